The van der Waals surface area contributed by atoms with Gasteiger partial charge in [-0.3, -0.25) is 4.79 Å². The van der Waals surface area contributed by atoms with E-state index in [0.717, 1.165) is 48.5 Å². The molecule has 4 rings (SSSR count). The van der Waals surface area contributed by atoms with Crippen LogP contribution in [0.3, 0.4) is 0 Å². The van der Waals surface area contributed by atoms with Crippen molar-refractivity contribution in [3.8, 4) is 11.5 Å². The molecule has 1 aliphatic rings. The van der Waals surface area contributed by atoms with Gasteiger partial charge in [0, 0.05) is 38.1 Å². The normalized spacial score (nSPS) is 16.5. The van der Waals surface area contributed by atoms with Crippen molar-refractivity contribution in [2.45, 2.75) is 12.8 Å². The predicted molar refractivity (Wildman–Crippen MR) is 119 cm³/mol. The molecule has 1 amide bonds. The third kappa shape index (κ3) is 4.72. The number of ether oxygens (including phenoxy) is 2. The molecule has 2 N–H and O–H groups in total. The molecule has 9 heteroatoms. The van der Waals surface area contributed by atoms with E-state index in [1.54, 1.807) is 19.1 Å². The number of aromatic nitrogens is 3. The molecule has 3 aromatic rings. The molecular weight excluding hydrogens is 396 g/mol. The van der Waals surface area contributed by atoms with E-state index in [4.69, 9.17) is 9.47 Å². The quantitative estimate of drug-likeness (QED) is 0.619. The zero-order chi connectivity index (χ0) is 21.8. The number of methoxy groups -OCH3 is 1. The maximum absolute atomic E-state index is 12.5. The number of nitrogens with zero attached hydrogens (tertiary/aromatic N) is 4. The summed E-state index contributed by atoms with van der Waals surface area (Å²) in [6.07, 6.45) is 5.44. The van der Waals surface area contributed by atoms with Crippen molar-refractivity contribution in [1.29, 1.82) is 0 Å². The van der Waals surface area contributed by atoms with Gasteiger partial charge in [-0.25, -0.2) is 9.97 Å². The fraction of sp³-hybridized carbons (Fsp3) is 0.409. The number of aryl methyl sites for hydroxylation is 1. The van der Waals surface area contributed by atoms with Crippen molar-refractivity contribution in [3.63, 3.8) is 0 Å². The summed E-state index contributed by atoms with van der Waals surface area (Å²) < 4.78 is 11.2. The van der Waals surface area contributed by atoms with Crippen molar-refractivity contribution in [2.24, 2.45) is 0 Å². The number of hydrogen-bond donors (Lipinski definition) is 2. The average Bonchev–Trinajstić information content (AvgIpc) is 3.19. The van der Waals surface area contributed by atoms with Gasteiger partial charge in [-0.2, -0.15) is 0 Å². The first-order chi connectivity index (χ1) is 15.0. The standard InChI is InChI=1S/C22H28N6O3/c1-27-8-4-5-15-12-23-21-20(15)22(25-14-24-21)26-16-6-7-17(30-3)18(11-16)31-13-19(29)28(2)10-9-27/h6-7,11-12,14H,4-5,8-10,13H2,1-3H3,(H2,23,24,25,26). The van der Waals surface area contributed by atoms with Crippen LogP contribution in [-0.2, 0) is 11.2 Å². The predicted octanol–water partition coefficient (Wildman–Crippen LogP) is 2.43. The van der Waals surface area contributed by atoms with E-state index >= 15 is 0 Å². The van der Waals surface area contributed by atoms with Crippen LogP contribution in [0.2, 0.25) is 0 Å². The van der Waals surface area contributed by atoms with Crippen LogP contribution in [0.4, 0.5) is 11.5 Å². The van der Waals surface area contributed by atoms with Crippen molar-refractivity contribution in [1.82, 2.24) is 24.8 Å². The van der Waals surface area contributed by atoms with Gasteiger partial charge in [0.2, 0.25) is 0 Å². The van der Waals surface area contributed by atoms with E-state index in [1.165, 1.54) is 11.9 Å². The number of anilines is 2. The number of nitrogens with one attached hydrogen (secondary N) is 2. The zero-order valence-corrected chi connectivity index (χ0v) is 18.1. The molecule has 0 saturated heterocycles. The highest BCUT2D eigenvalue weighted by atomic mass is 16.5. The smallest absolute Gasteiger partial charge is 0.260 e. The Bertz CT molecular complexity index is 1070. The Labute approximate surface area is 181 Å². The van der Waals surface area contributed by atoms with Crippen LogP contribution in [-0.4, -0.2) is 78.1 Å². The van der Waals surface area contributed by atoms with Gasteiger partial charge in [-0.05, 0) is 44.1 Å². The number of likely N-dealkylation sites (N-methyl/N-ethyl adjacent to an activating group) is 2. The molecule has 0 aliphatic carbocycles. The van der Waals surface area contributed by atoms with E-state index in [1.807, 2.05) is 24.4 Å². The van der Waals surface area contributed by atoms with Gasteiger partial charge >= 0.3 is 0 Å². The summed E-state index contributed by atoms with van der Waals surface area (Å²) in [6.45, 7) is 2.31. The van der Waals surface area contributed by atoms with Crippen molar-refractivity contribution in [3.05, 3.63) is 36.3 Å². The fourth-order valence-corrected chi connectivity index (χ4v) is 3.67. The molecule has 0 atom stereocenters. The first-order valence-electron chi connectivity index (χ1n) is 10.4. The van der Waals surface area contributed by atoms with E-state index in [-0.39, 0.29) is 12.5 Å². The highest BCUT2D eigenvalue weighted by Crippen LogP contribution is 2.33. The summed E-state index contributed by atoms with van der Waals surface area (Å²) in [4.78, 5) is 28.5. The lowest BCUT2D eigenvalue weighted by molar-refractivity contribution is -0.132. The van der Waals surface area contributed by atoms with Crippen molar-refractivity contribution >= 4 is 28.4 Å². The Kier molecular flexibility index (Phi) is 6.22. The molecule has 0 unspecified atom stereocenters. The second kappa shape index (κ2) is 9.22. The Morgan fingerprint density at radius 1 is 1.16 bits per heavy atom. The molecule has 0 radical (unpaired) electrons. The average molecular weight is 425 g/mol. The molecule has 0 fully saturated rings. The van der Waals surface area contributed by atoms with Crippen LogP contribution in [0.15, 0.2) is 30.7 Å². The van der Waals surface area contributed by atoms with Gasteiger partial charge in [0.1, 0.15) is 17.8 Å². The maximum Gasteiger partial charge on any atom is 0.260 e. The van der Waals surface area contributed by atoms with Crippen LogP contribution < -0.4 is 14.8 Å². The van der Waals surface area contributed by atoms with E-state index in [0.29, 0.717) is 18.0 Å². The van der Waals surface area contributed by atoms with Crippen LogP contribution in [0.1, 0.15) is 12.0 Å². The molecule has 2 bridgehead atoms. The molecule has 0 spiro atoms. The van der Waals surface area contributed by atoms with Crippen LogP contribution in [0.25, 0.3) is 11.0 Å². The van der Waals surface area contributed by atoms with E-state index in [2.05, 4.69) is 32.2 Å². The molecule has 1 aliphatic heterocycles. The van der Waals surface area contributed by atoms with Crippen molar-refractivity contribution in [2.75, 3.05) is 52.8 Å². The number of aromatic amines is 1. The number of amides is 1. The lowest BCUT2D eigenvalue weighted by atomic mass is 10.1. The number of benzene rings is 1. The lowest BCUT2D eigenvalue weighted by Crippen LogP contribution is -2.37. The fourth-order valence-electron chi connectivity index (χ4n) is 3.67. The number of H-pyrrole nitrogens is 1. The molecule has 164 valence electrons. The van der Waals surface area contributed by atoms with Gasteiger partial charge in [-0.1, -0.05) is 0 Å². The summed E-state index contributed by atoms with van der Waals surface area (Å²) in [5.74, 6) is 1.71. The SMILES string of the molecule is COc1ccc2cc1OCC(=O)N(C)CCN(C)CCCc1c[nH]c3ncnc(c13)N2. The highest BCUT2D eigenvalue weighted by Gasteiger charge is 2.16. The number of carbonyl (C=O) groups is 1. The Morgan fingerprint density at radius 3 is 2.87 bits per heavy atom. The van der Waals surface area contributed by atoms with Gasteiger partial charge < -0.3 is 29.6 Å². The van der Waals surface area contributed by atoms with Crippen LogP contribution >= 0.6 is 0 Å². The lowest BCUT2D eigenvalue weighted by Gasteiger charge is -2.22. The van der Waals surface area contributed by atoms with Gasteiger partial charge in [-0.15, -0.1) is 0 Å². The van der Waals surface area contributed by atoms with Crippen LogP contribution in [0.5, 0.6) is 11.5 Å². The number of rotatable bonds is 1. The number of carbonyl (C=O) groups excluding carboxylic acids is 1. The second-order valence-electron chi connectivity index (χ2n) is 7.76. The van der Waals surface area contributed by atoms with Crippen LogP contribution in [0, 0.1) is 0 Å². The molecule has 1 aromatic carbocycles. The van der Waals surface area contributed by atoms with E-state index in [9.17, 15) is 4.79 Å². The summed E-state index contributed by atoms with van der Waals surface area (Å²) in [6, 6.07) is 5.52. The topological polar surface area (TPSA) is 95.6 Å². The largest absolute Gasteiger partial charge is 0.493 e. The summed E-state index contributed by atoms with van der Waals surface area (Å²) >= 11 is 0. The van der Waals surface area contributed by atoms with Gasteiger partial charge in [0.25, 0.3) is 5.91 Å². The molecule has 9 nitrogen and oxygen atoms in total. The monoisotopic (exact) mass is 424 g/mol. The number of fused-ring (bicyclic) bond motifs is 2. The first kappa shape index (κ1) is 20.9. The zero-order valence-electron chi connectivity index (χ0n) is 18.1. The molecule has 2 aromatic heterocycles. The highest BCUT2D eigenvalue weighted by molar-refractivity contribution is 5.92. The summed E-state index contributed by atoms with van der Waals surface area (Å²) in [5.41, 5.74) is 2.76. The van der Waals surface area contributed by atoms with Gasteiger partial charge in [0.05, 0.1) is 12.5 Å². The number of hydrogen-bond acceptors (Lipinski definition) is 7. The minimum Gasteiger partial charge on any atom is -0.493 e. The second-order valence-corrected chi connectivity index (χ2v) is 7.76. The molecular formula is C22H28N6O3. The van der Waals surface area contributed by atoms with Crippen molar-refractivity contribution < 1.29 is 14.3 Å². The van der Waals surface area contributed by atoms with Gasteiger partial charge in [0.15, 0.2) is 18.1 Å². The molecule has 3 heterocycles. The first-order valence-corrected chi connectivity index (χ1v) is 10.4. The summed E-state index contributed by atoms with van der Waals surface area (Å²) in [7, 11) is 5.45. The maximum atomic E-state index is 12.5. The molecule has 0 saturated carbocycles. The molecule has 31 heavy (non-hydrogen) atoms. The third-order valence-electron chi connectivity index (χ3n) is 5.56. The van der Waals surface area contributed by atoms with E-state index < -0.39 is 0 Å². The Hall–Kier alpha value is -3.33. The third-order valence-corrected chi connectivity index (χ3v) is 5.56. The summed E-state index contributed by atoms with van der Waals surface area (Å²) in [5, 5.41) is 4.36. The Balaban J connectivity index is 1.70. The minimum absolute atomic E-state index is 0.0558. The Morgan fingerprint density at radius 2 is 2.03 bits per heavy atom. The minimum atomic E-state index is -0.0773.